The average Bonchev–Trinajstić information content (AvgIpc) is 2.48. The van der Waals surface area contributed by atoms with Crippen molar-refractivity contribution in [1.82, 2.24) is 0 Å². The van der Waals surface area contributed by atoms with Gasteiger partial charge in [-0.2, -0.15) is 5.26 Å². The largest absolute Gasteiger partial charge is 0.320 e. The Morgan fingerprint density at radius 3 is 2.05 bits per heavy atom. The van der Waals surface area contributed by atoms with Gasteiger partial charge >= 0.3 is 0 Å². The molecule has 0 aliphatic heterocycles. The van der Waals surface area contributed by atoms with Gasteiger partial charge < -0.3 is 10.5 Å². The summed E-state index contributed by atoms with van der Waals surface area (Å²) in [4.78, 5) is 11.2. The quantitative estimate of drug-likeness (QED) is 0.869. The van der Waals surface area contributed by atoms with Crippen LogP contribution in [0.2, 0.25) is 0 Å². The molecule has 2 N–H and O–H groups in total. The molecule has 2 rings (SSSR count). The smallest absolute Gasteiger partial charge is 0.170 e. The van der Waals surface area contributed by atoms with Crippen LogP contribution in [-0.2, 0) is 11.2 Å². The van der Waals surface area contributed by atoms with Gasteiger partial charge in [0.2, 0.25) is 0 Å². The van der Waals surface area contributed by atoms with Gasteiger partial charge in [0.15, 0.2) is 7.85 Å². The van der Waals surface area contributed by atoms with E-state index in [0.717, 1.165) is 16.7 Å². The predicted octanol–water partition coefficient (Wildman–Crippen LogP) is 2.18. The maximum atomic E-state index is 11.2. The number of hydrogen-bond donors (Lipinski definition) is 1. The molecule has 0 aromatic heterocycles. The molecule has 0 heterocycles. The van der Waals surface area contributed by atoms with Crippen molar-refractivity contribution < 1.29 is 4.79 Å². The van der Waals surface area contributed by atoms with Crippen LogP contribution in [-0.4, -0.2) is 19.1 Å². The number of carbonyl (C=O) groups excluding carboxylic acids is 1. The molecule has 21 heavy (non-hydrogen) atoms. The van der Waals surface area contributed by atoms with Crippen LogP contribution in [0.3, 0.4) is 0 Å². The number of benzene rings is 2. The van der Waals surface area contributed by atoms with Crippen molar-refractivity contribution in [3.05, 3.63) is 59.7 Å². The van der Waals surface area contributed by atoms with Gasteiger partial charge in [-0.15, -0.1) is 0 Å². The van der Waals surface area contributed by atoms with E-state index in [1.54, 1.807) is 19.1 Å². The topological polar surface area (TPSA) is 66.9 Å². The highest BCUT2D eigenvalue weighted by atomic mass is 16.1. The Labute approximate surface area is 125 Å². The Bertz CT molecular complexity index is 682. The van der Waals surface area contributed by atoms with E-state index in [4.69, 9.17) is 18.8 Å². The van der Waals surface area contributed by atoms with Crippen LogP contribution in [0.15, 0.2) is 48.5 Å². The van der Waals surface area contributed by atoms with Crippen molar-refractivity contribution in [3.8, 4) is 17.2 Å². The third-order valence-corrected chi connectivity index (χ3v) is 3.44. The van der Waals surface area contributed by atoms with Crippen LogP contribution in [0.5, 0.6) is 0 Å². The number of rotatable bonds is 4. The summed E-state index contributed by atoms with van der Waals surface area (Å²) in [6.45, 7) is 1.63. The van der Waals surface area contributed by atoms with Crippen LogP contribution >= 0.6 is 0 Å². The molecule has 0 spiro atoms. The number of nitrogens with zero attached hydrogens (tertiary/aromatic N) is 1. The lowest BCUT2D eigenvalue weighted by Crippen LogP contribution is -2.47. The van der Waals surface area contributed by atoms with Gasteiger partial charge in [-0.3, -0.25) is 0 Å². The number of carbonyl (C=O) groups is 1. The van der Waals surface area contributed by atoms with Crippen molar-refractivity contribution in [2.45, 2.75) is 18.9 Å². The molecule has 2 aromatic rings. The number of hydrogen-bond acceptors (Lipinski definition) is 3. The lowest BCUT2D eigenvalue weighted by Gasteiger charge is -2.21. The molecule has 0 bridgehead atoms. The first kappa shape index (κ1) is 15.0. The Morgan fingerprint density at radius 2 is 1.62 bits per heavy atom. The zero-order valence-electron chi connectivity index (χ0n) is 11.8. The van der Waals surface area contributed by atoms with Crippen molar-refractivity contribution >= 4 is 13.5 Å². The molecule has 102 valence electrons. The Morgan fingerprint density at radius 1 is 1.14 bits per heavy atom. The van der Waals surface area contributed by atoms with Crippen LogP contribution < -0.4 is 5.73 Å². The van der Waals surface area contributed by atoms with Crippen molar-refractivity contribution in [2.24, 2.45) is 5.73 Å². The molecule has 2 radical (unpaired) electrons. The second-order valence-electron chi connectivity index (χ2n) is 5.34. The van der Waals surface area contributed by atoms with Crippen molar-refractivity contribution in [2.75, 3.05) is 0 Å². The zero-order chi connectivity index (χ0) is 15.5. The highest BCUT2D eigenvalue weighted by molar-refractivity contribution is 6.59. The Hall–Kier alpha value is -2.38. The molecule has 0 aliphatic carbocycles. The fourth-order valence-corrected chi connectivity index (χ4v) is 2.06. The maximum Gasteiger partial charge on any atom is 0.170 e. The zero-order valence-corrected chi connectivity index (χ0v) is 11.8. The van der Waals surface area contributed by atoms with Crippen molar-refractivity contribution in [3.63, 3.8) is 0 Å². The minimum atomic E-state index is -1.05. The van der Waals surface area contributed by atoms with Crippen LogP contribution in [0.1, 0.15) is 18.1 Å². The summed E-state index contributed by atoms with van der Waals surface area (Å²) in [6.07, 6.45) is 0.399. The second-order valence-corrected chi connectivity index (χ2v) is 5.34. The summed E-state index contributed by atoms with van der Waals surface area (Å²) in [7, 11) is 5.28. The lowest BCUT2D eigenvalue weighted by molar-refractivity contribution is -0.115. The van der Waals surface area contributed by atoms with Gasteiger partial charge in [0.1, 0.15) is 0 Å². The van der Waals surface area contributed by atoms with E-state index in [1.165, 1.54) is 0 Å². The molecule has 0 amide bonds. The van der Waals surface area contributed by atoms with Gasteiger partial charge in [0.05, 0.1) is 22.9 Å². The third-order valence-electron chi connectivity index (χ3n) is 3.44. The third kappa shape index (κ3) is 3.59. The van der Waals surface area contributed by atoms with Gasteiger partial charge in [-0.1, -0.05) is 36.4 Å². The summed E-state index contributed by atoms with van der Waals surface area (Å²) in [6, 6.07) is 17.3. The Kier molecular flexibility index (Phi) is 4.25. The van der Waals surface area contributed by atoms with E-state index < -0.39 is 11.2 Å². The molecule has 0 saturated carbocycles. The maximum absolute atomic E-state index is 11.2. The van der Waals surface area contributed by atoms with E-state index >= 15 is 0 Å². The minimum Gasteiger partial charge on any atom is -0.320 e. The van der Waals surface area contributed by atoms with E-state index in [2.05, 4.69) is 6.07 Å². The minimum absolute atomic E-state index is 0.399. The van der Waals surface area contributed by atoms with E-state index in [1.807, 2.05) is 36.4 Å². The highest BCUT2D eigenvalue weighted by Crippen LogP contribution is 2.21. The lowest BCUT2D eigenvalue weighted by atomic mass is 9.80. The SMILES string of the molecule is [B]C(=O)[C@@](C)(N)Cc1ccc(-c2ccc(C#N)cc2)cc1. The summed E-state index contributed by atoms with van der Waals surface area (Å²) < 4.78 is 0. The molecule has 0 fully saturated rings. The van der Waals surface area contributed by atoms with E-state index in [9.17, 15) is 4.79 Å². The summed E-state index contributed by atoms with van der Waals surface area (Å²) in [5.41, 5.74) is 7.97. The average molecular weight is 274 g/mol. The normalized spacial score (nSPS) is 13.2. The molecule has 1 atom stereocenters. The summed E-state index contributed by atoms with van der Waals surface area (Å²) in [5.74, 6) is 0. The van der Waals surface area contributed by atoms with Gasteiger partial charge in [0, 0.05) is 0 Å². The second kappa shape index (κ2) is 5.95. The molecule has 2 aromatic carbocycles. The first-order valence-corrected chi connectivity index (χ1v) is 6.60. The highest BCUT2D eigenvalue weighted by Gasteiger charge is 2.23. The fraction of sp³-hybridized carbons (Fsp3) is 0.176. The molecule has 0 unspecified atom stereocenters. The van der Waals surface area contributed by atoms with Crippen molar-refractivity contribution in [1.29, 1.82) is 5.26 Å². The van der Waals surface area contributed by atoms with Crippen LogP contribution in [0.4, 0.5) is 0 Å². The fourth-order valence-electron chi connectivity index (χ4n) is 2.06. The molecule has 4 heteroatoms. The number of nitriles is 1. The van der Waals surface area contributed by atoms with Gasteiger partial charge in [-0.25, -0.2) is 0 Å². The van der Waals surface area contributed by atoms with Gasteiger partial charge in [-0.05, 0) is 42.2 Å². The standard InChI is InChI=1S/C17H15BN2O/c1-17(20,16(18)21)10-12-2-6-14(7-3-12)15-8-4-13(11-19)5-9-15/h2-9H,10,20H2,1H3/t17-/m0/s1. The predicted molar refractivity (Wildman–Crippen MR) is 83.7 cm³/mol. The molecule has 0 aliphatic rings. The monoisotopic (exact) mass is 274 g/mol. The molecular formula is C17H15BN2O. The molecular weight excluding hydrogens is 259 g/mol. The first-order chi connectivity index (χ1) is 9.92. The summed E-state index contributed by atoms with van der Waals surface area (Å²) in [5, 5.41) is 8.79. The van der Waals surface area contributed by atoms with E-state index in [-0.39, 0.29) is 0 Å². The number of nitrogens with two attached hydrogens (primary N) is 1. The van der Waals surface area contributed by atoms with Crippen LogP contribution in [0.25, 0.3) is 11.1 Å². The van der Waals surface area contributed by atoms with Gasteiger partial charge in [0.25, 0.3) is 0 Å². The van der Waals surface area contributed by atoms with Crippen LogP contribution in [0, 0.1) is 11.3 Å². The molecule has 0 saturated heterocycles. The van der Waals surface area contributed by atoms with E-state index in [0.29, 0.717) is 12.0 Å². The molecule has 3 nitrogen and oxygen atoms in total. The first-order valence-electron chi connectivity index (χ1n) is 6.60. The Balaban J connectivity index is 2.19. The summed E-state index contributed by atoms with van der Waals surface area (Å²) >= 11 is 0.